The van der Waals surface area contributed by atoms with E-state index in [0.717, 1.165) is 21.5 Å². The van der Waals surface area contributed by atoms with Gasteiger partial charge in [0.15, 0.2) is 6.10 Å². The highest BCUT2D eigenvalue weighted by Crippen LogP contribution is 2.29. The summed E-state index contributed by atoms with van der Waals surface area (Å²) in [6.07, 6.45) is 0.626. The van der Waals surface area contributed by atoms with E-state index in [1.807, 2.05) is 72.8 Å². The van der Waals surface area contributed by atoms with Crippen molar-refractivity contribution in [1.29, 1.82) is 0 Å². The van der Waals surface area contributed by atoms with E-state index in [1.54, 1.807) is 19.1 Å². The Balaban J connectivity index is 1.36. The minimum absolute atomic E-state index is 0.171. The summed E-state index contributed by atoms with van der Waals surface area (Å²) in [4.78, 5) is 25.7. The lowest BCUT2D eigenvalue weighted by Gasteiger charge is -2.15. The highest BCUT2D eigenvalue weighted by molar-refractivity contribution is 6.36. The van der Waals surface area contributed by atoms with Crippen molar-refractivity contribution in [3.05, 3.63) is 118 Å². The van der Waals surface area contributed by atoms with E-state index >= 15 is 0 Å². The standard InChI is InChI=1S/C31H22Cl2N2O4/c1-19(38-28-12-6-9-20-7-3-5-11-24(20)28)30(36)35-34-18-26-23-10-4-2-8-21(23)13-16-29(26)39-31(37)25-15-14-22(32)17-27(25)33/h2-19H,1H3,(H,35,36)/b34-18-/t19-/m1/s1. The monoisotopic (exact) mass is 556 g/mol. The van der Waals surface area contributed by atoms with E-state index in [9.17, 15) is 9.59 Å². The molecule has 0 aliphatic heterocycles. The van der Waals surface area contributed by atoms with Crippen LogP contribution in [-0.2, 0) is 4.79 Å². The van der Waals surface area contributed by atoms with E-state index in [1.165, 1.54) is 18.3 Å². The maximum Gasteiger partial charge on any atom is 0.345 e. The van der Waals surface area contributed by atoms with Gasteiger partial charge < -0.3 is 9.47 Å². The number of fused-ring (bicyclic) bond motifs is 2. The number of benzene rings is 5. The first kappa shape index (κ1) is 26.2. The first-order valence-electron chi connectivity index (χ1n) is 12.1. The lowest BCUT2D eigenvalue weighted by atomic mass is 10.0. The summed E-state index contributed by atoms with van der Waals surface area (Å²) in [5.74, 6) is -0.236. The number of esters is 1. The van der Waals surface area contributed by atoms with Gasteiger partial charge in [0.25, 0.3) is 5.91 Å². The molecule has 8 heteroatoms. The van der Waals surface area contributed by atoms with Crippen molar-refractivity contribution >= 4 is 62.8 Å². The van der Waals surface area contributed by atoms with Crippen LogP contribution in [-0.4, -0.2) is 24.2 Å². The number of ether oxygens (including phenoxy) is 2. The molecule has 6 nitrogen and oxygen atoms in total. The lowest BCUT2D eigenvalue weighted by Crippen LogP contribution is -2.33. The molecule has 0 aliphatic rings. The van der Waals surface area contributed by atoms with Gasteiger partial charge in [-0.15, -0.1) is 0 Å². The van der Waals surface area contributed by atoms with Crippen LogP contribution in [0.3, 0.4) is 0 Å². The first-order chi connectivity index (χ1) is 18.9. The molecule has 5 aromatic carbocycles. The average Bonchev–Trinajstić information content (AvgIpc) is 2.94. The third-order valence-corrected chi connectivity index (χ3v) is 6.62. The number of hydrogen-bond acceptors (Lipinski definition) is 5. The molecule has 194 valence electrons. The van der Waals surface area contributed by atoms with Crippen molar-refractivity contribution in [2.45, 2.75) is 13.0 Å². The first-order valence-corrected chi connectivity index (χ1v) is 12.8. The normalized spacial score (nSPS) is 12.0. The minimum atomic E-state index is -0.815. The molecule has 39 heavy (non-hydrogen) atoms. The van der Waals surface area contributed by atoms with Crippen molar-refractivity contribution in [3.63, 3.8) is 0 Å². The summed E-state index contributed by atoms with van der Waals surface area (Å²) in [6, 6.07) is 29.0. The predicted octanol–water partition coefficient (Wildman–Crippen LogP) is 7.44. The number of hydrogen-bond donors (Lipinski definition) is 1. The van der Waals surface area contributed by atoms with Crippen molar-refractivity contribution in [2.75, 3.05) is 0 Å². The van der Waals surface area contributed by atoms with E-state index in [4.69, 9.17) is 32.7 Å². The van der Waals surface area contributed by atoms with Gasteiger partial charge in [0.1, 0.15) is 11.5 Å². The summed E-state index contributed by atoms with van der Waals surface area (Å²) >= 11 is 12.1. The zero-order valence-corrected chi connectivity index (χ0v) is 22.2. The molecule has 1 N–H and O–H groups in total. The number of nitrogens with zero attached hydrogens (tertiary/aromatic N) is 1. The topological polar surface area (TPSA) is 77.0 Å². The SMILES string of the molecule is C[C@@H](Oc1cccc2ccccc12)C(=O)N/N=C\c1c(OC(=O)c2ccc(Cl)cc2Cl)ccc2ccccc12. The number of amides is 1. The second kappa shape index (κ2) is 11.6. The van der Waals surface area contributed by atoms with Crippen molar-refractivity contribution in [1.82, 2.24) is 5.43 Å². The number of carbonyl (C=O) groups is 2. The highest BCUT2D eigenvalue weighted by Gasteiger charge is 2.18. The molecule has 1 atom stereocenters. The second-order valence-corrected chi connectivity index (χ2v) is 9.53. The van der Waals surface area contributed by atoms with Gasteiger partial charge in [0.2, 0.25) is 0 Å². The maximum atomic E-state index is 12.9. The summed E-state index contributed by atoms with van der Waals surface area (Å²) in [5, 5.41) is 8.34. The maximum absolute atomic E-state index is 12.9. The number of halogens is 2. The van der Waals surface area contributed by atoms with Gasteiger partial charge in [-0.05, 0) is 53.4 Å². The zero-order chi connectivity index (χ0) is 27.4. The van der Waals surface area contributed by atoms with Crippen LogP contribution in [0.1, 0.15) is 22.8 Å². The zero-order valence-electron chi connectivity index (χ0n) is 20.7. The molecule has 0 spiro atoms. The Morgan fingerprint density at radius 3 is 2.28 bits per heavy atom. The molecule has 0 aliphatic carbocycles. The summed E-state index contributed by atoms with van der Waals surface area (Å²) in [5.41, 5.74) is 3.20. The van der Waals surface area contributed by atoms with Crippen LogP contribution in [0.2, 0.25) is 10.0 Å². The van der Waals surface area contributed by atoms with Gasteiger partial charge >= 0.3 is 5.97 Å². The Bertz CT molecular complexity index is 1730. The van der Waals surface area contributed by atoms with Crippen molar-refractivity contribution < 1.29 is 19.1 Å². The highest BCUT2D eigenvalue weighted by atomic mass is 35.5. The quantitative estimate of drug-likeness (QED) is 0.0977. The largest absolute Gasteiger partial charge is 0.480 e. The molecular weight excluding hydrogens is 535 g/mol. The third kappa shape index (κ3) is 5.87. The van der Waals surface area contributed by atoms with Crippen LogP contribution in [0.15, 0.2) is 102 Å². The molecule has 0 heterocycles. The van der Waals surface area contributed by atoms with Crippen LogP contribution in [0.25, 0.3) is 21.5 Å². The van der Waals surface area contributed by atoms with Crippen LogP contribution in [0.5, 0.6) is 11.5 Å². The van der Waals surface area contributed by atoms with E-state index < -0.39 is 18.0 Å². The van der Waals surface area contributed by atoms with Crippen LogP contribution >= 0.6 is 23.2 Å². The molecule has 0 aromatic heterocycles. The van der Waals surface area contributed by atoms with Crippen LogP contribution < -0.4 is 14.9 Å². The fourth-order valence-corrected chi connectivity index (χ4v) is 4.59. The number of rotatable bonds is 7. The van der Waals surface area contributed by atoms with Gasteiger partial charge in [-0.1, -0.05) is 89.9 Å². The third-order valence-electron chi connectivity index (χ3n) is 6.08. The molecule has 0 saturated carbocycles. The molecule has 0 unspecified atom stereocenters. The van der Waals surface area contributed by atoms with E-state index in [0.29, 0.717) is 16.3 Å². The Morgan fingerprint density at radius 1 is 0.821 bits per heavy atom. The molecule has 0 radical (unpaired) electrons. The summed E-state index contributed by atoms with van der Waals surface area (Å²) in [7, 11) is 0. The van der Waals surface area contributed by atoms with Crippen LogP contribution in [0, 0.1) is 0 Å². The van der Waals surface area contributed by atoms with Gasteiger partial charge in [-0.25, -0.2) is 10.2 Å². The number of hydrazone groups is 1. The Morgan fingerprint density at radius 2 is 1.51 bits per heavy atom. The fourth-order valence-electron chi connectivity index (χ4n) is 4.10. The van der Waals surface area contributed by atoms with Gasteiger partial charge in [0, 0.05) is 16.0 Å². The van der Waals surface area contributed by atoms with Gasteiger partial charge in [0.05, 0.1) is 16.8 Å². The molecule has 1 amide bonds. The number of carbonyl (C=O) groups excluding carboxylic acids is 2. The molecule has 5 rings (SSSR count). The Labute approximate surface area is 234 Å². The molecule has 0 fully saturated rings. The van der Waals surface area contributed by atoms with E-state index in [-0.39, 0.29) is 16.3 Å². The second-order valence-electron chi connectivity index (χ2n) is 8.68. The van der Waals surface area contributed by atoms with Crippen LogP contribution in [0.4, 0.5) is 0 Å². The van der Waals surface area contributed by atoms with E-state index in [2.05, 4.69) is 10.5 Å². The molecule has 0 saturated heterocycles. The molecule has 5 aromatic rings. The van der Waals surface area contributed by atoms with Crippen molar-refractivity contribution in [2.24, 2.45) is 5.10 Å². The lowest BCUT2D eigenvalue weighted by molar-refractivity contribution is -0.127. The smallest absolute Gasteiger partial charge is 0.345 e. The number of nitrogens with one attached hydrogen (secondary N) is 1. The fraction of sp³-hybridized carbons (Fsp3) is 0.0645. The summed E-state index contributed by atoms with van der Waals surface area (Å²) in [6.45, 7) is 1.65. The van der Waals surface area contributed by atoms with Gasteiger partial charge in [-0.2, -0.15) is 5.10 Å². The predicted molar refractivity (Wildman–Crippen MR) is 155 cm³/mol. The summed E-state index contributed by atoms with van der Waals surface area (Å²) < 4.78 is 11.6. The average molecular weight is 557 g/mol. The Hall–Kier alpha value is -4.39. The molecule has 0 bridgehead atoms. The minimum Gasteiger partial charge on any atom is -0.480 e. The van der Waals surface area contributed by atoms with Crippen molar-refractivity contribution in [3.8, 4) is 11.5 Å². The molecular formula is C31H22Cl2N2O4. The Kier molecular flexibility index (Phi) is 7.77. The van der Waals surface area contributed by atoms with Gasteiger partial charge in [-0.3, -0.25) is 4.79 Å².